The van der Waals surface area contributed by atoms with Gasteiger partial charge in [-0.3, -0.25) is 4.79 Å². The van der Waals surface area contributed by atoms with Gasteiger partial charge in [0.15, 0.2) is 11.5 Å². The third kappa shape index (κ3) is 5.12. The number of carbonyl (C=O) groups excluding carboxylic acids is 1. The van der Waals surface area contributed by atoms with E-state index in [0.29, 0.717) is 45.0 Å². The Morgan fingerprint density at radius 3 is 2.03 bits per heavy atom. The number of hydrogen-bond donors (Lipinski definition) is 2. The fraction of sp³-hybridized carbons (Fsp3) is 0.192. The van der Waals surface area contributed by atoms with Crippen LogP contribution in [-0.4, -0.2) is 46.3 Å². The molecule has 1 aromatic heterocycles. The van der Waals surface area contributed by atoms with Crippen LogP contribution in [0.15, 0.2) is 48.5 Å². The van der Waals surface area contributed by atoms with Gasteiger partial charge in [-0.2, -0.15) is 0 Å². The molecule has 0 aliphatic carbocycles. The lowest BCUT2D eigenvalue weighted by molar-refractivity contribution is -0.311. The predicted octanol–water partition coefficient (Wildman–Crippen LogP) is 3.35. The van der Waals surface area contributed by atoms with Crippen LogP contribution in [0.2, 0.25) is 0 Å². The van der Waals surface area contributed by atoms with Crippen molar-refractivity contribution in [2.24, 2.45) is 0 Å². The van der Waals surface area contributed by atoms with Gasteiger partial charge in [0.05, 0.1) is 52.4 Å². The van der Waals surface area contributed by atoms with Gasteiger partial charge in [0.1, 0.15) is 11.5 Å². The first kappa shape index (κ1) is 26.9. The van der Waals surface area contributed by atoms with Crippen molar-refractivity contribution in [3.63, 3.8) is 0 Å². The maximum atomic E-state index is 13.9. The summed E-state index contributed by atoms with van der Waals surface area (Å²) in [4.78, 5) is 40.1. The Bertz CT molecular complexity index is 1530. The number of fused-ring (bicyclic) bond motifs is 1. The molecule has 4 rings (SSSR count). The molecule has 0 saturated heterocycles. The van der Waals surface area contributed by atoms with E-state index in [4.69, 9.17) is 23.7 Å². The average molecular weight is 540 g/mol. The second kappa shape index (κ2) is 10.7. The van der Waals surface area contributed by atoms with Crippen LogP contribution in [0.25, 0.3) is 22.0 Å². The van der Waals surface area contributed by atoms with E-state index in [9.17, 15) is 19.1 Å². The van der Waals surface area contributed by atoms with E-state index >= 15 is 0 Å². The number of rotatable bonds is 10. The summed E-state index contributed by atoms with van der Waals surface area (Å²) >= 11 is 0. The quantitative estimate of drug-likeness (QED) is 0.226. The molecule has 0 unspecified atom stereocenters. The minimum atomic E-state index is -5.15. The summed E-state index contributed by atoms with van der Waals surface area (Å²) in [6.45, 7) is 0. The molecule has 0 fully saturated rings. The Morgan fingerprint density at radius 1 is 0.816 bits per heavy atom. The van der Waals surface area contributed by atoms with Crippen LogP contribution >= 0.6 is 7.75 Å². The second-order valence-corrected chi connectivity index (χ2v) is 9.27. The fourth-order valence-electron chi connectivity index (χ4n) is 4.23. The van der Waals surface area contributed by atoms with Crippen molar-refractivity contribution in [2.45, 2.75) is 0 Å². The van der Waals surface area contributed by atoms with Gasteiger partial charge in [-0.05, 0) is 42.0 Å². The maximum Gasteiger partial charge on any atom is 0.210 e. The molecule has 0 radical (unpaired) electrons. The lowest BCUT2D eigenvalue weighted by Gasteiger charge is -2.31. The standard InChI is InChI=1S/C26H27N2O9P/c1-33-16-7-8-17-18(13-16)27-24(25(29)15-11-21(35-3)26(37-5)22(12-15)36-4)23(17)14-6-9-20(34-2)19(10-14)28-38(30,31)32/h6-13,27H,1-5H3,(H3,28,30,31,32)/p-2. The number of H-pyrrole nitrogens is 1. The monoisotopic (exact) mass is 540 g/mol. The Labute approximate surface area is 218 Å². The molecule has 3 aromatic carbocycles. The summed E-state index contributed by atoms with van der Waals surface area (Å²) in [6, 6.07) is 12.9. The number of methoxy groups -OCH3 is 5. The normalized spacial score (nSPS) is 11.2. The van der Waals surface area contributed by atoms with Gasteiger partial charge in [0.25, 0.3) is 0 Å². The zero-order chi connectivity index (χ0) is 27.6. The van der Waals surface area contributed by atoms with Crippen LogP contribution < -0.4 is 38.6 Å². The van der Waals surface area contributed by atoms with Gasteiger partial charge in [0.2, 0.25) is 11.5 Å². The summed E-state index contributed by atoms with van der Waals surface area (Å²) in [7, 11) is 2.08. The Kier molecular flexibility index (Phi) is 7.54. The largest absolute Gasteiger partial charge is 0.795 e. The molecule has 0 aliphatic heterocycles. The lowest BCUT2D eigenvalue weighted by atomic mass is 9.96. The maximum absolute atomic E-state index is 13.9. The van der Waals surface area contributed by atoms with Crippen molar-refractivity contribution >= 4 is 30.1 Å². The van der Waals surface area contributed by atoms with Gasteiger partial charge in [-0.1, -0.05) is 6.07 Å². The molecule has 0 atom stereocenters. The summed E-state index contributed by atoms with van der Waals surface area (Å²) in [6.07, 6.45) is 0. The molecule has 0 bridgehead atoms. The van der Waals surface area contributed by atoms with Crippen molar-refractivity contribution in [2.75, 3.05) is 40.6 Å². The van der Waals surface area contributed by atoms with Gasteiger partial charge in [-0.25, -0.2) is 0 Å². The lowest BCUT2D eigenvalue weighted by Crippen LogP contribution is -2.20. The number of ketones is 1. The van der Waals surface area contributed by atoms with E-state index in [1.54, 1.807) is 24.3 Å². The Morgan fingerprint density at radius 2 is 1.47 bits per heavy atom. The highest BCUT2D eigenvalue weighted by atomic mass is 31.2. The first-order valence-corrected chi connectivity index (χ1v) is 12.7. The molecule has 200 valence electrons. The smallest absolute Gasteiger partial charge is 0.210 e. The molecular weight excluding hydrogens is 515 g/mol. The average Bonchev–Trinajstić information content (AvgIpc) is 3.29. The summed E-state index contributed by atoms with van der Waals surface area (Å²) < 4.78 is 38.2. The molecule has 2 N–H and O–H groups in total. The minimum Gasteiger partial charge on any atom is -0.795 e. The first-order valence-electron chi connectivity index (χ1n) is 11.2. The molecule has 11 nitrogen and oxygen atoms in total. The van der Waals surface area contributed by atoms with E-state index in [2.05, 4.69) is 4.98 Å². The molecule has 4 aromatic rings. The van der Waals surface area contributed by atoms with Crippen LogP contribution in [0.1, 0.15) is 16.1 Å². The highest BCUT2D eigenvalue weighted by Gasteiger charge is 2.24. The molecule has 0 aliphatic rings. The molecule has 0 saturated carbocycles. The van der Waals surface area contributed by atoms with Crippen molar-refractivity contribution in [1.29, 1.82) is 0 Å². The van der Waals surface area contributed by atoms with E-state index < -0.39 is 13.5 Å². The first-order chi connectivity index (χ1) is 18.1. The molecule has 0 spiro atoms. The summed E-state index contributed by atoms with van der Waals surface area (Å²) in [5.41, 5.74) is 1.90. The van der Waals surface area contributed by atoms with Gasteiger partial charge in [-0.15, -0.1) is 0 Å². The number of carbonyl (C=O) groups is 1. The number of hydrogen-bond acceptors (Lipinski definition) is 9. The van der Waals surface area contributed by atoms with Crippen molar-refractivity contribution in [3.05, 3.63) is 59.8 Å². The van der Waals surface area contributed by atoms with E-state index in [-0.39, 0.29) is 22.7 Å². The van der Waals surface area contributed by atoms with Crippen molar-refractivity contribution in [1.82, 2.24) is 4.98 Å². The third-order valence-corrected chi connectivity index (χ3v) is 6.42. The van der Waals surface area contributed by atoms with Crippen molar-refractivity contribution in [3.8, 4) is 39.9 Å². The molecule has 0 amide bonds. The summed E-state index contributed by atoms with van der Waals surface area (Å²) in [5.74, 6) is 1.23. The Hall–Kier alpha value is -4.18. The topological polar surface area (TPSA) is 154 Å². The van der Waals surface area contributed by atoms with E-state index in [1.165, 1.54) is 59.8 Å². The predicted molar refractivity (Wildman–Crippen MR) is 138 cm³/mol. The van der Waals surface area contributed by atoms with Crippen LogP contribution in [0, 0.1) is 0 Å². The number of ether oxygens (including phenoxy) is 5. The number of aromatic amines is 1. The van der Waals surface area contributed by atoms with Crippen molar-refractivity contribution < 1.29 is 42.8 Å². The van der Waals surface area contributed by atoms with Crippen LogP contribution in [0.3, 0.4) is 0 Å². The van der Waals surface area contributed by atoms with Crippen LogP contribution in [0.5, 0.6) is 28.7 Å². The summed E-state index contributed by atoms with van der Waals surface area (Å²) in [5, 5.41) is 2.61. The molecule has 38 heavy (non-hydrogen) atoms. The SMILES string of the molecule is COc1ccc2c(-c3ccc(OC)c(NP(=O)([O-])[O-])c3)c(C(=O)c3cc(OC)c(OC)c(OC)c3)[nH]c2c1. The highest BCUT2D eigenvalue weighted by molar-refractivity contribution is 7.50. The number of benzene rings is 3. The Balaban J connectivity index is 1.97. The van der Waals surface area contributed by atoms with E-state index in [0.717, 1.165) is 0 Å². The zero-order valence-corrected chi connectivity index (χ0v) is 22.1. The van der Waals surface area contributed by atoms with Gasteiger partial charge >= 0.3 is 0 Å². The van der Waals surface area contributed by atoms with E-state index in [1.807, 2.05) is 5.09 Å². The second-order valence-electron chi connectivity index (χ2n) is 8.05. The minimum absolute atomic E-state index is 0.0626. The van der Waals surface area contributed by atoms with Gasteiger partial charge < -0.3 is 48.1 Å². The van der Waals surface area contributed by atoms with Gasteiger partial charge in [0, 0.05) is 30.3 Å². The zero-order valence-electron chi connectivity index (χ0n) is 21.2. The number of anilines is 1. The number of nitrogens with one attached hydrogen (secondary N) is 2. The number of aromatic nitrogens is 1. The molecule has 1 heterocycles. The third-order valence-electron chi connectivity index (χ3n) is 5.91. The molecular formula is C26H25N2O9P-2. The fourth-order valence-corrected chi connectivity index (χ4v) is 4.70. The van der Waals surface area contributed by atoms with Crippen LogP contribution in [0.4, 0.5) is 5.69 Å². The molecule has 12 heteroatoms. The van der Waals surface area contributed by atoms with Crippen LogP contribution in [-0.2, 0) is 4.57 Å². The highest BCUT2D eigenvalue weighted by Crippen LogP contribution is 2.43.